The first-order valence-corrected chi connectivity index (χ1v) is 6.26. The maximum atomic E-state index is 12.2. The van der Waals surface area contributed by atoms with Crippen molar-refractivity contribution in [1.29, 1.82) is 0 Å². The van der Waals surface area contributed by atoms with Crippen LogP contribution < -0.4 is 10.6 Å². The maximum Gasteiger partial charge on any atom is 0.252 e. The molecule has 3 heterocycles. The number of rotatable bonds is 1. The van der Waals surface area contributed by atoms with Crippen LogP contribution in [0.2, 0.25) is 5.28 Å². The molecule has 1 spiro atoms. The van der Waals surface area contributed by atoms with Crippen molar-refractivity contribution in [3.63, 3.8) is 0 Å². The van der Waals surface area contributed by atoms with Crippen molar-refractivity contribution in [3.8, 4) is 0 Å². The van der Waals surface area contributed by atoms with Gasteiger partial charge in [0.05, 0.1) is 12.3 Å². The zero-order valence-electron chi connectivity index (χ0n) is 9.92. The Balaban J connectivity index is 2.07. The van der Waals surface area contributed by atoms with Crippen molar-refractivity contribution < 1.29 is 9.53 Å². The van der Waals surface area contributed by atoms with Crippen molar-refractivity contribution in [3.05, 3.63) is 11.0 Å². The molecule has 1 amide bonds. The number of anilines is 2. The summed E-state index contributed by atoms with van der Waals surface area (Å²) in [5, 5.41) is 6.22. The molecule has 6 nitrogen and oxygen atoms in total. The molecule has 0 bridgehead atoms. The quantitative estimate of drug-likeness (QED) is 0.749. The van der Waals surface area contributed by atoms with Gasteiger partial charge in [-0.3, -0.25) is 4.79 Å². The number of aryl methyl sites for hydroxylation is 1. The number of carbonyl (C=O) groups is 1. The van der Waals surface area contributed by atoms with Crippen LogP contribution in [-0.4, -0.2) is 34.6 Å². The minimum Gasteiger partial charge on any atom is -0.378 e. The number of fused-ring (bicyclic) bond motifs is 1. The molecule has 1 aromatic heterocycles. The van der Waals surface area contributed by atoms with Crippen LogP contribution in [0.25, 0.3) is 0 Å². The van der Waals surface area contributed by atoms with E-state index < -0.39 is 5.54 Å². The number of hydrogen-bond donors (Lipinski definition) is 2. The smallest absolute Gasteiger partial charge is 0.252 e. The fraction of sp³-hybridized carbons (Fsp3) is 0.545. The predicted molar refractivity (Wildman–Crippen MR) is 66.8 cm³/mol. The van der Waals surface area contributed by atoms with E-state index in [1.165, 1.54) is 0 Å². The SMILES string of the molecule is CCc1nc(Cl)nc2c1NC(=O)C1(CCOC1)N2. The highest BCUT2D eigenvalue weighted by Crippen LogP contribution is 2.36. The van der Waals surface area contributed by atoms with Gasteiger partial charge in [-0.25, -0.2) is 4.98 Å². The number of carbonyl (C=O) groups excluding carboxylic acids is 1. The number of nitrogens with one attached hydrogen (secondary N) is 2. The van der Waals surface area contributed by atoms with E-state index in [2.05, 4.69) is 20.6 Å². The second kappa shape index (κ2) is 4.07. The van der Waals surface area contributed by atoms with Gasteiger partial charge in [0.25, 0.3) is 5.91 Å². The lowest BCUT2D eigenvalue weighted by atomic mass is 9.95. The average Bonchev–Trinajstić information content (AvgIpc) is 2.80. The predicted octanol–water partition coefficient (Wildman–Crippen LogP) is 1.22. The normalized spacial score (nSPS) is 25.8. The molecule has 0 aliphatic carbocycles. The van der Waals surface area contributed by atoms with Gasteiger partial charge in [-0.05, 0) is 18.0 Å². The molecule has 1 unspecified atom stereocenters. The summed E-state index contributed by atoms with van der Waals surface area (Å²) in [4.78, 5) is 20.5. The van der Waals surface area contributed by atoms with E-state index in [9.17, 15) is 4.79 Å². The molecule has 1 aromatic rings. The van der Waals surface area contributed by atoms with Crippen molar-refractivity contribution in [1.82, 2.24) is 9.97 Å². The third kappa shape index (κ3) is 1.64. The van der Waals surface area contributed by atoms with Gasteiger partial charge in [0.15, 0.2) is 5.82 Å². The molecule has 0 radical (unpaired) electrons. The third-order valence-electron chi connectivity index (χ3n) is 3.34. The molecule has 2 aliphatic rings. The van der Waals surface area contributed by atoms with Crippen molar-refractivity contribution in [2.45, 2.75) is 25.3 Å². The number of aromatic nitrogens is 2. The lowest BCUT2D eigenvalue weighted by molar-refractivity contribution is -0.120. The molecular formula is C11H13ClN4O2. The Morgan fingerprint density at radius 1 is 1.50 bits per heavy atom. The van der Waals surface area contributed by atoms with Crippen LogP contribution in [0.1, 0.15) is 19.0 Å². The first kappa shape index (κ1) is 11.7. The molecule has 3 rings (SSSR count). The first-order chi connectivity index (χ1) is 8.64. The van der Waals surface area contributed by atoms with Gasteiger partial charge >= 0.3 is 0 Å². The van der Waals surface area contributed by atoms with Gasteiger partial charge < -0.3 is 15.4 Å². The van der Waals surface area contributed by atoms with E-state index in [0.717, 1.165) is 5.69 Å². The summed E-state index contributed by atoms with van der Waals surface area (Å²) in [6.07, 6.45) is 1.30. The van der Waals surface area contributed by atoms with Gasteiger partial charge in [-0.2, -0.15) is 4.98 Å². The number of nitrogens with zero attached hydrogens (tertiary/aromatic N) is 2. The first-order valence-electron chi connectivity index (χ1n) is 5.88. The molecule has 0 aromatic carbocycles. The standard InChI is InChI=1S/C11H13ClN4O2/c1-2-6-7-8(15-10(12)13-6)16-11(9(17)14-7)3-4-18-5-11/h2-5H2,1H3,(H,14,17)(H,13,15,16). The molecule has 1 fully saturated rings. The van der Waals surface area contributed by atoms with E-state index in [-0.39, 0.29) is 11.2 Å². The Morgan fingerprint density at radius 2 is 2.33 bits per heavy atom. The highest BCUT2D eigenvalue weighted by Gasteiger charge is 2.46. The molecular weight excluding hydrogens is 256 g/mol. The second-order valence-electron chi connectivity index (χ2n) is 4.48. The van der Waals surface area contributed by atoms with E-state index in [1.807, 2.05) is 6.92 Å². The second-order valence-corrected chi connectivity index (χ2v) is 4.82. The Hall–Kier alpha value is -1.40. The van der Waals surface area contributed by atoms with Crippen LogP contribution in [0.15, 0.2) is 0 Å². The molecule has 1 atom stereocenters. The molecule has 7 heteroatoms. The van der Waals surface area contributed by atoms with Crippen molar-refractivity contribution in [2.24, 2.45) is 0 Å². The molecule has 0 saturated carbocycles. The van der Waals surface area contributed by atoms with Crippen LogP contribution in [0.4, 0.5) is 11.5 Å². The van der Waals surface area contributed by atoms with Gasteiger partial charge in [-0.1, -0.05) is 6.92 Å². The number of amides is 1. The fourth-order valence-corrected chi connectivity index (χ4v) is 2.50. The monoisotopic (exact) mass is 268 g/mol. The summed E-state index contributed by atoms with van der Waals surface area (Å²) in [5.74, 6) is 0.491. The Labute approximate surface area is 109 Å². The highest BCUT2D eigenvalue weighted by atomic mass is 35.5. The summed E-state index contributed by atoms with van der Waals surface area (Å²) < 4.78 is 5.31. The molecule has 2 N–H and O–H groups in total. The summed E-state index contributed by atoms with van der Waals surface area (Å²) in [7, 11) is 0. The van der Waals surface area contributed by atoms with Crippen LogP contribution in [0.5, 0.6) is 0 Å². The van der Waals surface area contributed by atoms with Crippen LogP contribution in [-0.2, 0) is 16.0 Å². The van der Waals surface area contributed by atoms with E-state index in [1.54, 1.807) is 0 Å². The van der Waals surface area contributed by atoms with E-state index in [0.29, 0.717) is 37.6 Å². The van der Waals surface area contributed by atoms with E-state index >= 15 is 0 Å². The van der Waals surface area contributed by atoms with Gasteiger partial charge in [-0.15, -0.1) is 0 Å². The zero-order valence-corrected chi connectivity index (χ0v) is 10.7. The fourth-order valence-electron chi connectivity index (χ4n) is 2.31. The zero-order chi connectivity index (χ0) is 12.8. The molecule has 18 heavy (non-hydrogen) atoms. The minimum atomic E-state index is -0.713. The van der Waals surface area contributed by atoms with Crippen molar-refractivity contribution >= 4 is 29.0 Å². The number of halogens is 1. The lowest BCUT2D eigenvalue weighted by Gasteiger charge is -2.34. The Kier molecular flexibility index (Phi) is 2.64. The molecule has 1 saturated heterocycles. The van der Waals surface area contributed by atoms with Gasteiger partial charge in [0, 0.05) is 13.0 Å². The maximum absolute atomic E-state index is 12.2. The number of ether oxygens (including phenoxy) is 1. The number of hydrogen-bond acceptors (Lipinski definition) is 5. The Morgan fingerprint density at radius 3 is 3.00 bits per heavy atom. The topological polar surface area (TPSA) is 76.1 Å². The Bertz CT molecular complexity index is 514. The summed E-state index contributed by atoms with van der Waals surface area (Å²) in [6.45, 7) is 2.87. The summed E-state index contributed by atoms with van der Waals surface area (Å²) >= 11 is 5.89. The van der Waals surface area contributed by atoms with Crippen LogP contribution in [0.3, 0.4) is 0 Å². The van der Waals surface area contributed by atoms with Crippen molar-refractivity contribution in [2.75, 3.05) is 23.8 Å². The summed E-state index contributed by atoms with van der Waals surface area (Å²) in [5.41, 5.74) is 0.652. The van der Waals surface area contributed by atoms with E-state index in [4.69, 9.17) is 16.3 Å². The molecule has 2 aliphatic heterocycles. The summed E-state index contributed by atoms with van der Waals surface area (Å²) in [6, 6.07) is 0. The van der Waals surface area contributed by atoms with Gasteiger partial charge in [0.1, 0.15) is 11.2 Å². The highest BCUT2D eigenvalue weighted by molar-refractivity contribution is 6.28. The van der Waals surface area contributed by atoms with Gasteiger partial charge in [0.2, 0.25) is 5.28 Å². The van der Waals surface area contributed by atoms with Crippen LogP contribution >= 0.6 is 11.6 Å². The average molecular weight is 269 g/mol. The van der Waals surface area contributed by atoms with Crippen LogP contribution in [0, 0.1) is 0 Å². The molecule has 96 valence electrons. The minimum absolute atomic E-state index is 0.0897. The third-order valence-corrected chi connectivity index (χ3v) is 3.51. The largest absolute Gasteiger partial charge is 0.378 e. The lowest BCUT2D eigenvalue weighted by Crippen LogP contribution is -2.53.